The molecule has 0 amide bonds. The minimum Gasteiger partial charge on any atom is -0.398 e. The van der Waals surface area contributed by atoms with Gasteiger partial charge in [-0.25, -0.2) is 0 Å². The largest absolute Gasteiger partial charge is 0.398 e. The van der Waals surface area contributed by atoms with Crippen molar-refractivity contribution < 1.29 is 0 Å². The summed E-state index contributed by atoms with van der Waals surface area (Å²) in [6, 6.07) is 8.03. The van der Waals surface area contributed by atoms with Gasteiger partial charge in [0, 0.05) is 11.7 Å². The number of nitrogen functional groups attached to an aromatic ring is 1. The molecule has 0 radical (unpaired) electrons. The molecule has 0 aliphatic heterocycles. The molecule has 1 aromatic rings. The summed E-state index contributed by atoms with van der Waals surface area (Å²) < 4.78 is 0. The van der Waals surface area contributed by atoms with Gasteiger partial charge in [0.15, 0.2) is 0 Å². The standard InChI is InChI=1S/C14H23N3/c1-2-3-4-5-6-11-14(17-16)12-9-7-8-10-13(12)15/h2,7-10,14,17H,1,3-6,11,15-16H2. The Labute approximate surface area is 104 Å². The highest BCUT2D eigenvalue weighted by molar-refractivity contribution is 5.48. The summed E-state index contributed by atoms with van der Waals surface area (Å²) in [6.07, 6.45) is 7.63. The van der Waals surface area contributed by atoms with Crippen LogP contribution in [0.4, 0.5) is 5.69 Å². The van der Waals surface area contributed by atoms with E-state index in [2.05, 4.69) is 12.0 Å². The quantitative estimate of drug-likeness (QED) is 0.213. The molecule has 5 N–H and O–H groups in total. The minimum atomic E-state index is 0.153. The third kappa shape index (κ3) is 4.59. The second-order valence-corrected chi connectivity index (χ2v) is 4.27. The molecule has 3 nitrogen and oxygen atoms in total. The lowest BCUT2D eigenvalue weighted by Gasteiger charge is -2.18. The number of hydrogen-bond acceptors (Lipinski definition) is 3. The van der Waals surface area contributed by atoms with Crippen molar-refractivity contribution in [2.24, 2.45) is 5.84 Å². The van der Waals surface area contributed by atoms with E-state index in [4.69, 9.17) is 11.6 Å². The van der Waals surface area contributed by atoms with Crippen LogP contribution in [0.2, 0.25) is 0 Å². The molecule has 0 heterocycles. The predicted octanol–water partition coefficient (Wildman–Crippen LogP) is 2.91. The van der Waals surface area contributed by atoms with E-state index in [9.17, 15) is 0 Å². The van der Waals surface area contributed by atoms with Crippen LogP contribution in [0.15, 0.2) is 36.9 Å². The summed E-state index contributed by atoms with van der Waals surface area (Å²) in [7, 11) is 0. The van der Waals surface area contributed by atoms with Gasteiger partial charge in [-0.15, -0.1) is 6.58 Å². The fraction of sp³-hybridized carbons (Fsp3) is 0.429. The first kappa shape index (κ1) is 13.7. The molecule has 0 bridgehead atoms. The molecule has 0 fully saturated rings. The minimum absolute atomic E-state index is 0.153. The Morgan fingerprint density at radius 2 is 2.00 bits per heavy atom. The Balaban J connectivity index is 2.43. The Morgan fingerprint density at radius 1 is 1.24 bits per heavy atom. The number of rotatable bonds is 8. The lowest BCUT2D eigenvalue weighted by Crippen LogP contribution is -2.28. The molecule has 3 heteroatoms. The average molecular weight is 233 g/mol. The Hall–Kier alpha value is -1.32. The molecule has 0 saturated carbocycles. The molecular formula is C14H23N3. The number of nitrogens with one attached hydrogen (secondary N) is 1. The van der Waals surface area contributed by atoms with Crippen LogP contribution in [-0.4, -0.2) is 0 Å². The molecule has 1 aromatic carbocycles. The number of unbranched alkanes of at least 4 members (excludes halogenated alkanes) is 3. The predicted molar refractivity (Wildman–Crippen MR) is 74.2 cm³/mol. The van der Waals surface area contributed by atoms with E-state index in [-0.39, 0.29) is 6.04 Å². The molecule has 1 atom stereocenters. The van der Waals surface area contributed by atoms with Crippen LogP contribution in [0.5, 0.6) is 0 Å². The number of allylic oxidation sites excluding steroid dienone is 1. The van der Waals surface area contributed by atoms with Gasteiger partial charge < -0.3 is 5.73 Å². The number of anilines is 1. The van der Waals surface area contributed by atoms with Crippen LogP contribution < -0.4 is 17.0 Å². The number of benzene rings is 1. The highest BCUT2D eigenvalue weighted by atomic mass is 15.2. The van der Waals surface area contributed by atoms with Crippen molar-refractivity contribution in [1.82, 2.24) is 5.43 Å². The van der Waals surface area contributed by atoms with Crippen molar-refractivity contribution in [3.05, 3.63) is 42.5 Å². The van der Waals surface area contributed by atoms with Crippen LogP contribution in [-0.2, 0) is 0 Å². The van der Waals surface area contributed by atoms with Gasteiger partial charge in [0.05, 0.1) is 0 Å². The maximum atomic E-state index is 5.94. The van der Waals surface area contributed by atoms with Crippen LogP contribution >= 0.6 is 0 Å². The maximum Gasteiger partial charge on any atom is 0.0480 e. The Morgan fingerprint density at radius 3 is 2.65 bits per heavy atom. The molecule has 1 rings (SSSR count). The van der Waals surface area contributed by atoms with Crippen LogP contribution in [0, 0.1) is 0 Å². The van der Waals surface area contributed by atoms with E-state index >= 15 is 0 Å². The topological polar surface area (TPSA) is 64.1 Å². The average Bonchev–Trinajstić information content (AvgIpc) is 2.35. The van der Waals surface area contributed by atoms with Crippen molar-refractivity contribution in [1.29, 1.82) is 0 Å². The third-order valence-electron chi connectivity index (χ3n) is 2.97. The molecule has 0 saturated heterocycles. The van der Waals surface area contributed by atoms with E-state index in [1.54, 1.807) is 0 Å². The summed E-state index contributed by atoms with van der Waals surface area (Å²) in [6.45, 7) is 3.72. The number of nitrogens with two attached hydrogens (primary N) is 2. The van der Waals surface area contributed by atoms with Gasteiger partial charge >= 0.3 is 0 Å². The van der Waals surface area contributed by atoms with E-state index in [0.717, 1.165) is 30.5 Å². The zero-order valence-corrected chi connectivity index (χ0v) is 10.4. The summed E-state index contributed by atoms with van der Waals surface area (Å²) in [5, 5.41) is 0. The summed E-state index contributed by atoms with van der Waals surface area (Å²) in [5.74, 6) is 5.59. The zero-order chi connectivity index (χ0) is 12.5. The van der Waals surface area contributed by atoms with E-state index < -0.39 is 0 Å². The maximum absolute atomic E-state index is 5.94. The molecule has 17 heavy (non-hydrogen) atoms. The van der Waals surface area contributed by atoms with Crippen molar-refractivity contribution >= 4 is 5.69 Å². The lowest BCUT2D eigenvalue weighted by molar-refractivity contribution is 0.485. The van der Waals surface area contributed by atoms with Crippen LogP contribution in [0.25, 0.3) is 0 Å². The van der Waals surface area contributed by atoms with E-state index in [0.29, 0.717) is 0 Å². The molecule has 1 unspecified atom stereocenters. The van der Waals surface area contributed by atoms with Crippen molar-refractivity contribution in [2.45, 2.75) is 38.1 Å². The monoisotopic (exact) mass is 233 g/mol. The van der Waals surface area contributed by atoms with Crippen LogP contribution in [0.1, 0.15) is 43.7 Å². The second-order valence-electron chi connectivity index (χ2n) is 4.27. The lowest BCUT2D eigenvalue weighted by atomic mass is 9.99. The van der Waals surface area contributed by atoms with E-state index in [1.165, 1.54) is 12.8 Å². The molecule has 0 aliphatic carbocycles. The van der Waals surface area contributed by atoms with Crippen molar-refractivity contribution in [3.63, 3.8) is 0 Å². The molecule has 0 aliphatic rings. The van der Waals surface area contributed by atoms with Crippen molar-refractivity contribution in [3.8, 4) is 0 Å². The highest BCUT2D eigenvalue weighted by Gasteiger charge is 2.11. The third-order valence-corrected chi connectivity index (χ3v) is 2.97. The van der Waals surface area contributed by atoms with Crippen LogP contribution in [0.3, 0.4) is 0 Å². The van der Waals surface area contributed by atoms with Gasteiger partial charge in [-0.1, -0.05) is 37.1 Å². The zero-order valence-electron chi connectivity index (χ0n) is 10.4. The summed E-state index contributed by atoms with van der Waals surface area (Å²) in [4.78, 5) is 0. The Kier molecular flexibility index (Phi) is 6.37. The fourth-order valence-electron chi connectivity index (χ4n) is 1.97. The number of hydrazine groups is 1. The van der Waals surface area contributed by atoms with Gasteiger partial charge in [-0.2, -0.15) is 0 Å². The Bertz CT molecular complexity index is 336. The first-order chi connectivity index (χ1) is 8.29. The van der Waals surface area contributed by atoms with E-state index in [1.807, 2.05) is 30.3 Å². The first-order valence-corrected chi connectivity index (χ1v) is 6.21. The molecule has 94 valence electrons. The number of para-hydroxylation sites is 1. The number of hydrogen-bond donors (Lipinski definition) is 3. The van der Waals surface area contributed by atoms with Gasteiger partial charge in [0.25, 0.3) is 0 Å². The smallest absolute Gasteiger partial charge is 0.0480 e. The van der Waals surface area contributed by atoms with Gasteiger partial charge in [-0.05, 0) is 30.9 Å². The first-order valence-electron chi connectivity index (χ1n) is 6.21. The van der Waals surface area contributed by atoms with Gasteiger partial charge in [0.2, 0.25) is 0 Å². The fourth-order valence-corrected chi connectivity index (χ4v) is 1.97. The molecule has 0 spiro atoms. The normalized spacial score (nSPS) is 12.3. The highest BCUT2D eigenvalue weighted by Crippen LogP contribution is 2.24. The molecular weight excluding hydrogens is 210 g/mol. The van der Waals surface area contributed by atoms with Crippen molar-refractivity contribution in [2.75, 3.05) is 5.73 Å². The summed E-state index contributed by atoms with van der Waals surface area (Å²) in [5.41, 5.74) is 10.7. The second kappa shape index (κ2) is 7.87. The summed E-state index contributed by atoms with van der Waals surface area (Å²) >= 11 is 0. The SMILES string of the molecule is C=CCCCCCC(NN)c1ccccc1N. The van der Waals surface area contributed by atoms with Gasteiger partial charge in [-0.3, -0.25) is 11.3 Å². The molecule has 0 aromatic heterocycles. The van der Waals surface area contributed by atoms with Gasteiger partial charge in [0.1, 0.15) is 0 Å².